The molecular formula is C18H24N4O. The predicted octanol–water partition coefficient (Wildman–Crippen LogP) is 2.53. The minimum atomic E-state index is 0.119. The lowest BCUT2D eigenvalue weighted by molar-refractivity contribution is 0.0690. The number of nitrogens with zero attached hydrogens (tertiary/aromatic N) is 4. The summed E-state index contributed by atoms with van der Waals surface area (Å²) in [5.41, 5.74) is 3.97. The molecule has 0 spiro atoms. The van der Waals surface area contributed by atoms with E-state index in [0.29, 0.717) is 5.92 Å². The van der Waals surface area contributed by atoms with Crippen molar-refractivity contribution in [2.75, 3.05) is 13.1 Å². The van der Waals surface area contributed by atoms with Crippen LogP contribution in [0.3, 0.4) is 0 Å². The van der Waals surface area contributed by atoms with Crippen LogP contribution in [0.2, 0.25) is 0 Å². The second-order valence-corrected chi connectivity index (χ2v) is 6.55. The number of pyridine rings is 1. The van der Waals surface area contributed by atoms with Crippen molar-refractivity contribution in [1.82, 2.24) is 19.7 Å². The Hall–Kier alpha value is -2.17. The number of carbonyl (C=O) groups is 1. The van der Waals surface area contributed by atoms with Gasteiger partial charge in [-0.25, -0.2) is 0 Å². The van der Waals surface area contributed by atoms with Gasteiger partial charge in [-0.15, -0.1) is 0 Å². The topological polar surface area (TPSA) is 51.0 Å². The van der Waals surface area contributed by atoms with Crippen LogP contribution in [-0.4, -0.2) is 38.7 Å². The number of hydrogen-bond donors (Lipinski definition) is 0. The van der Waals surface area contributed by atoms with Crippen LogP contribution in [0.4, 0.5) is 0 Å². The molecule has 3 heterocycles. The third-order valence-electron chi connectivity index (χ3n) is 4.63. The summed E-state index contributed by atoms with van der Waals surface area (Å²) in [6.45, 7) is 5.59. The molecule has 0 unspecified atom stereocenters. The van der Waals surface area contributed by atoms with Crippen LogP contribution in [0.1, 0.15) is 40.2 Å². The van der Waals surface area contributed by atoms with Crippen molar-refractivity contribution >= 4 is 5.91 Å². The molecule has 23 heavy (non-hydrogen) atoms. The van der Waals surface area contributed by atoms with Gasteiger partial charge in [0.15, 0.2) is 0 Å². The zero-order valence-corrected chi connectivity index (χ0v) is 14.1. The van der Waals surface area contributed by atoms with Gasteiger partial charge in [0.25, 0.3) is 5.91 Å². The van der Waals surface area contributed by atoms with E-state index in [2.05, 4.69) is 22.2 Å². The zero-order valence-electron chi connectivity index (χ0n) is 14.1. The summed E-state index contributed by atoms with van der Waals surface area (Å²) in [5, 5.41) is 4.27. The quantitative estimate of drug-likeness (QED) is 0.875. The molecule has 1 aliphatic rings. The van der Waals surface area contributed by atoms with E-state index < -0.39 is 0 Å². The van der Waals surface area contributed by atoms with Crippen LogP contribution < -0.4 is 0 Å². The van der Waals surface area contributed by atoms with E-state index in [9.17, 15) is 4.79 Å². The fraction of sp³-hybridized carbons (Fsp3) is 0.500. The first kappa shape index (κ1) is 15.7. The molecule has 0 bridgehead atoms. The third kappa shape index (κ3) is 3.60. The highest BCUT2D eigenvalue weighted by atomic mass is 16.2. The summed E-state index contributed by atoms with van der Waals surface area (Å²) in [7, 11) is 1.85. The van der Waals surface area contributed by atoms with Gasteiger partial charge in [0.1, 0.15) is 0 Å². The van der Waals surface area contributed by atoms with E-state index in [0.717, 1.165) is 49.3 Å². The summed E-state index contributed by atoms with van der Waals surface area (Å²) in [4.78, 5) is 18.8. The van der Waals surface area contributed by atoms with Crippen molar-refractivity contribution in [2.45, 2.75) is 33.1 Å². The van der Waals surface area contributed by atoms with Crippen LogP contribution in [0.25, 0.3) is 0 Å². The van der Waals surface area contributed by atoms with Gasteiger partial charge in [0.05, 0.1) is 11.3 Å². The Balaban J connectivity index is 1.58. The maximum atomic E-state index is 12.6. The average Bonchev–Trinajstić information content (AvgIpc) is 2.86. The fourth-order valence-corrected chi connectivity index (χ4v) is 3.38. The molecule has 2 aromatic rings. The van der Waals surface area contributed by atoms with Crippen LogP contribution in [0, 0.1) is 19.8 Å². The number of aryl methyl sites for hydroxylation is 3. The molecule has 2 aromatic heterocycles. The lowest BCUT2D eigenvalue weighted by Crippen LogP contribution is -2.39. The van der Waals surface area contributed by atoms with Crippen LogP contribution in [0.15, 0.2) is 24.5 Å². The predicted molar refractivity (Wildman–Crippen MR) is 89.3 cm³/mol. The number of amides is 1. The highest BCUT2D eigenvalue weighted by Crippen LogP contribution is 2.23. The molecule has 0 saturated carbocycles. The summed E-state index contributed by atoms with van der Waals surface area (Å²) in [6, 6.07) is 4.26. The second-order valence-electron chi connectivity index (χ2n) is 6.55. The smallest absolute Gasteiger partial charge is 0.257 e. The molecule has 0 aromatic carbocycles. The van der Waals surface area contributed by atoms with Gasteiger partial charge in [-0.1, -0.05) is 0 Å². The molecule has 5 nitrogen and oxygen atoms in total. The number of rotatable bonds is 3. The van der Waals surface area contributed by atoms with E-state index in [1.54, 1.807) is 4.68 Å². The number of hydrogen-bond acceptors (Lipinski definition) is 3. The molecule has 1 fully saturated rings. The van der Waals surface area contributed by atoms with Gasteiger partial charge in [-0.3, -0.25) is 14.5 Å². The number of piperidine rings is 1. The first-order chi connectivity index (χ1) is 11.0. The Kier molecular flexibility index (Phi) is 4.46. The minimum Gasteiger partial charge on any atom is -0.339 e. The highest BCUT2D eigenvalue weighted by molar-refractivity contribution is 5.95. The van der Waals surface area contributed by atoms with E-state index in [4.69, 9.17) is 0 Å². The van der Waals surface area contributed by atoms with E-state index in [1.807, 2.05) is 38.2 Å². The molecule has 3 rings (SSSR count). The molecule has 122 valence electrons. The number of carbonyl (C=O) groups excluding carboxylic acids is 1. The molecule has 1 amide bonds. The first-order valence-corrected chi connectivity index (χ1v) is 8.24. The molecule has 5 heteroatoms. The Morgan fingerprint density at radius 3 is 2.65 bits per heavy atom. The maximum absolute atomic E-state index is 12.6. The molecule has 0 radical (unpaired) electrons. The normalized spacial score (nSPS) is 15.9. The van der Waals surface area contributed by atoms with Crippen molar-refractivity contribution in [3.8, 4) is 0 Å². The Bertz CT molecular complexity index is 699. The Morgan fingerprint density at radius 2 is 2.04 bits per heavy atom. The highest BCUT2D eigenvalue weighted by Gasteiger charge is 2.25. The maximum Gasteiger partial charge on any atom is 0.257 e. The van der Waals surface area contributed by atoms with E-state index in [-0.39, 0.29) is 5.91 Å². The lowest BCUT2D eigenvalue weighted by Gasteiger charge is -2.32. The molecule has 0 aliphatic carbocycles. The van der Waals surface area contributed by atoms with Gasteiger partial charge in [-0.2, -0.15) is 5.10 Å². The third-order valence-corrected chi connectivity index (χ3v) is 4.63. The molecule has 1 saturated heterocycles. The largest absolute Gasteiger partial charge is 0.339 e. The Labute approximate surface area is 137 Å². The summed E-state index contributed by atoms with van der Waals surface area (Å²) < 4.78 is 1.71. The van der Waals surface area contributed by atoms with Gasteiger partial charge in [-0.05, 0) is 56.7 Å². The standard InChI is InChI=1S/C18H24N4O/c1-13-10-16(4-7-19-13)11-15-5-8-22(9-6-15)18(23)17-12-21(3)20-14(17)2/h4,7,10,12,15H,5-6,8-9,11H2,1-3H3. The summed E-state index contributed by atoms with van der Waals surface area (Å²) >= 11 is 0. The lowest BCUT2D eigenvalue weighted by atomic mass is 9.90. The van der Waals surface area contributed by atoms with Crippen LogP contribution >= 0.6 is 0 Å². The summed E-state index contributed by atoms with van der Waals surface area (Å²) in [6.07, 6.45) is 6.91. The monoisotopic (exact) mass is 312 g/mol. The number of likely N-dealkylation sites (tertiary alicyclic amines) is 1. The molecule has 0 N–H and O–H groups in total. The van der Waals surface area contributed by atoms with Crippen molar-refractivity contribution in [2.24, 2.45) is 13.0 Å². The fourth-order valence-electron chi connectivity index (χ4n) is 3.38. The van der Waals surface area contributed by atoms with Gasteiger partial charge >= 0.3 is 0 Å². The van der Waals surface area contributed by atoms with E-state index in [1.165, 1.54) is 5.56 Å². The minimum absolute atomic E-state index is 0.119. The molecular weight excluding hydrogens is 288 g/mol. The number of aromatic nitrogens is 3. The van der Waals surface area contributed by atoms with Crippen LogP contribution in [-0.2, 0) is 13.5 Å². The van der Waals surface area contributed by atoms with Crippen molar-refractivity contribution in [1.29, 1.82) is 0 Å². The van der Waals surface area contributed by atoms with Crippen molar-refractivity contribution in [3.63, 3.8) is 0 Å². The first-order valence-electron chi connectivity index (χ1n) is 8.24. The molecule has 0 atom stereocenters. The van der Waals surface area contributed by atoms with Crippen LogP contribution in [0.5, 0.6) is 0 Å². The van der Waals surface area contributed by atoms with Crippen molar-refractivity contribution < 1.29 is 4.79 Å². The SMILES string of the molecule is Cc1cc(CC2CCN(C(=O)c3cn(C)nc3C)CC2)ccn1. The average molecular weight is 312 g/mol. The zero-order chi connectivity index (χ0) is 16.4. The molecule has 1 aliphatic heterocycles. The van der Waals surface area contributed by atoms with Gasteiger partial charge < -0.3 is 4.90 Å². The second kappa shape index (κ2) is 6.52. The van der Waals surface area contributed by atoms with Gasteiger partial charge in [0, 0.05) is 38.2 Å². The summed E-state index contributed by atoms with van der Waals surface area (Å²) in [5.74, 6) is 0.768. The van der Waals surface area contributed by atoms with Gasteiger partial charge in [0.2, 0.25) is 0 Å². The van der Waals surface area contributed by atoms with Crippen molar-refractivity contribution in [3.05, 3.63) is 47.0 Å². The van der Waals surface area contributed by atoms with E-state index >= 15 is 0 Å². The Morgan fingerprint density at radius 1 is 1.30 bits per heavy atom.